The molecule has 96 valence electrons. The van der Waals surface area contributed by atoms with E-state index in [0.29, 0.717) is 17.9 Å². The van der Waals surface area contributed by atoms with Gasteiger partial charge < -0.3 is 5.73 Å². The van der Waals surface area contributed by atoms with E-state index in [0.717, 1.165) is 19.6 Å². The Kier molecular flexibility index (Phi) is 4.17. The molecule has 2 N–H and O–H groups in total. The van der Waals surface area contributed by atoms with Crippen LogP contribution in [0.5, 0.6) is 0 Å². The third-order valence-corrected chi connectivity index (χ3v) is 4.74. The summed E-state index contributed by atoms with van der Waals surface area (Å²) < 4.78 is 0. The summed E-state index contributed by atoms with van der Waals surface area (Å²) in [4.78, 5) is 7.12. The third-order valence-electron chi connectivity index (χ3n) is 3.55. The SMILES string of the molecule is CC(C)c1nc(CN2CCC(C)C(N)C2)cs1. The monoisotopic (exact) mass is 253 g/mol. The lowest BCUT2D eigenvalue weighted by molar-refractivity contribution is 0.161. The molecule has 2 rings (SSSR count). The first-order valence-corrected chi connectivity index (χ1v) is 7.36. The first kappa shape index (κ1) is 13.0. The van der Waals surface area contributed by atoms with Crippen LogP contribution in [0.25, 0.3) is 0 Å². The summed E-state index contributed by atoms with van der Waals surface area (Å²) in [5.74, 6) is 1.20. The van der Waals surface area contributed by atoms with Crippen molar-refractivity contribution in [2.24, 2.45) is 11.7 Å². The number of nitrogens with zero attached hydrogens (tertiary/aromatic N) is 2. The van der Waals surface area contributed by atoms with Crippen LogP contribution in [0.4, 0.5) is 0 Å². The van der Waals surface area contributed by atoms with Crippen LogP contribution in [0.15, 0.2) is 5.38 Å². The second-order valence-corrected chi connectivity index (χ2v) is 6.39. The normalized spacial score (nSPS) is 26.6. The molecule has 0 aliphatic carbocycles. The van der Waals surface area contributed by atoms with Gasteiger partial charge in [-0.2, -0.15) is 0 Å². The molecule has 0 bridgehead atoms. The maximum Gasteiger partial charge on any atom is 0.0954 e. The summed E-state index contributed by atoms with van der Waals surface area (Å²) in [6, 6.07) is 0.326. The molecule has 2 heterocycles. The average molecular weight is 253 g/mol. The van der Waals surface area contributed by atoms with Gasteiger partial charge in [0.05, 0.1) is 10.7 Å². The summed E-state index contributed by atoms with van der Waals surface area (Å²) in [6.07, 6.45) is 1.21. The van der Waals surface area contributed by atoms with Crippen molar-refractivity contribution in [2.45, 2.75) is 45.7 Å². The topological polar surface area (TPSA) is 42.2 Å². The van der Waals surface area contributed by atoms with Gasteiger partial charge in [-0.1, -0.05) is 20.8 Å². The highest BCUT2D eigenvalue weighted by atomic mass is 32.1. The van der Waals surface area contributed by atoms with Crippen LogP contribution < -0.4 is 5.73 Å². The molecule has 2 atom stereocenters. The molecule has 1 saturated heterocycles. The minimum Gasteiger partial charge on any atom is -0.326 e. The fraction of sp³-hybridized carbons (Fsp3) is 0.769. The molecule has 3 nitrogen and oxygen atoms in total. The maximum absolute atomic E-state index is 6.12. The molecule has 4 heteroatoms. The summed E-state index contributed by atoms with van der Waals surface area (Å²) >= 11 is 1.78. The Morgan fingerprint density at radius 1 is 1.59 bits per heavy atom. The lowest BCUT2D eigenvalue weighted by atomic mass is 9.94. The molecular formula is C13H23N3S. The van der Waals surface area contributed by atoms with Gasteiger partial charge in [0, 0.05) is 30.4 Å². The van der Waals surface area contributed by atoms with Crippen molar-refractivity contribution in [3.63, 3.8) is 0 Å². The first-order valence-electron chi connectivity index (χ1n) is 6.48. The van der Waals surface area contributed by atoms with Crippen LogP contribution in [0.2, 0.25) is 0 Å². The molecule has 0 saturated carbocycles. The predicted molar refractivity (Wildman–Crippen MR) is 73.2 cm³/mol. The molecule has 1 fully saturated rings. The van der Waals surface area contributed by atoms with E-state index in [1.807, 2.05) is 0 Å². The molecule has 1 aromatic heterocycles. The van der Waals surface area contributed by atoms with E-state index in [1.54, 1.807) is 11.3 Å². The molecular weight excluding hydrogens is 230 g/mol. The number of rotatable bonds is 3. The van der Waals surface area contributed by atoms with Crippen molar-refractivity contribution in [2.75, 3.05) is 13.1 Å². The molecule has 1 aliphatic heterocycles. The highest BCUT2D eigenvalue weighted by Gasteiger charge is 2.23. The van der Waals surface area contributed by atoms with E-state index in [-0.39, 0.29) is 0 Å². The van der Waals surface area contributed by atoms with Gasteiger partial charge in [-0.15, -0.1) is 11.3 Å². The number of aromatic nitrogens is 1. The predicted octanol–water partition coefficient (Wildman–Crippen LogP) is 2.44. The van der Waals surface area contributed by atoms with Crippen molar-refractivity contribution in [3.8, 4) is 0 Å². The highest BCUT2D eigenvalue weighted by Crippen LogP contribution is 2.22. The Balaban J connectivity index is 1.92. The van der Waals surface area contributed by atoms with Crippen molar-refractivity contribution >= 4 is 11.3 Å². The van der Waals surface area contributed by atoms with Gasteiger partial charge in [0.2, 0.25) is 0 Å². The summed E-state index contributed by atoms with van der Waals surface area (Å²) in [6.45, 7) is 9.77. The van der Waals surface area contributed by atoms with Gasteiger partial charge in [0.15, 0.2) is 0 Å². The van der Waals surface area contributed by atoms with Gasteiger partial charge in [0.1, 0.15) is 0 Å². The van der Waals surface area contributed by atoms with E-state index in [9.17, 15) is 0 Å². The van der Waals surface area contributed by atoms with Gasteiger partial charge in [0.25, 0.3) is 0 Å². The van der Waals surface area contributed by atoms with E-state index in [2.05, 4.69) is 36.0 Å². The summed E-state index contributed by atoms with van der Waals surface area (Å²) in [5.41, 5.74) is 7.33. The lowest BCUT2D eigenvalue weighted by Crippen LogP contribution is -2.47. The van der Waals surface area contributed by atoms with E-state index < -0.39 is 0 Å². The zero-order valence-electron chi connectivity index (χ0n) is 11.0. The second-order valence-electron chi connectivity index (χ2n) is 5.50. The Morgan fingerprint density at radius 2 is 2.35 bits per heavy atom. The molecule has 0 spiro atoms. The van der Waals surface area contributed by atoms with Crippen molar-refractivity contribution in [3.05, 3.63) is 16.1 Å². The largest absolute Gasteiger partial charge is 0.326 e. The highest BCUT2D eigenvalue weighted by molar-refractivity contribution is 7.09. The first-order chi connectivity index (χ1) is 8.06. The lowest BCUT2D eigenvalue weighted by Gasteiger charge is -2.34. The van der Waals surface area contributed by atoms with Crippen LogP contribution in [0.3, 0.4) is 0 Å². The minimum atomic E-state index is 0.326. The van der Waals surface area contributed by atoms with Crippen LogP contribution >= 0.6 is 11.3 Å². The van der Waals surface area contributed by atoms with Gasteiger partial charge in [-0.25, -0.2) is 4.98 Å². The molecule has 1 aromatic rings. The van der Waals surface area contributed by atoms with Crippen molar-refractivity contribution in [1.29, 1.82) is 0 Å². The number of hydrogen-bond acceptors (Lipinski definition) is 4. The molecule has 0 aromatic carbocycles. The van der Waals surface area contributed by atoms with E-state index in [1.165, 1.54) is 17.1 Å². The zero-order valence-corrected chi connectivity index (χ0v) is 11.8. The molecule has 17 heavy (non-hydrogen) atoms. The fourth-order valence-corrected chi connectivity index (χ4v) is 3.03. The zero-order chi connectivity index (χ0) is 12.4. The standard InChI is InChI=1S/C13H23N3S/c1-9(2)13-15-11(8-17-13)6-16-5-4-10(3)12(14)7-16/h8-10,12H,4-7,14H2,1-3H3. The number of nitrogens with two attached hydrogens (primary N) is 1. The van der Waals surface area contributed by atoms with Crippen molar-refractivity contribution < 1.29 is 0 Å². The fourth-order valence-electron chi connectivity index (χ4n) is 2.20. The third kappa shape index (κ3) is 3.27. The Morgan fingerprint density at radius 3 is 2.94 bits per heavy atom. The van der Waals surface area contributed by atoms with Gasteiger partial charge >= 0.3 is 0 Å². The average Bonchev–Trinajstić information content (AvgIpc) is 2.72. The molecule has 0 radical (unpaired) electrons. The maximum atomic E-state index is 6.12. The smallest absolute Gasteiger partial charge is 0.0954 e. The van der Waals surface area contributed by atoms with Crippen LogP contribution in [-0.2, 0) is 6.54 Å². The summed E-state index contributed by atoms with van der Waals surface area (Å²) in [5, 5.41) is 3.44. The minimum absolute atomic E-state index is 0.326. The molecule has 2 unspecified atom stereocenters. The van der Waals surface area contributed by atoms with Crippen LogP contribution in [0, 0.1) is 5.92 Å². The number of hydrogen-bond donors (Lipinski definition) is 1. The molecule has 1 aliphatic rings. The Hall–Kier alpha value is -0.450. The van der Waals surface area contributed by atoms with Crippen LogP contribution in [-0.4, -0.2) is 29.0 Å². The second kappa shape index (κ2) is 5.46. The van der Waals surface area contributed by atoms with Gasteiger partial charge in [-0.3, -0.25) is 4.90 Å². The summed E-state index contributed by atoms with van der Waals surface area (Å²) in [7, 11) is 0. The van der Waals surface area contributed by atoms with Crippen molar-refractivity contribution in [1.82, 2.24) is 9.88 Å². The number of thiazole rings is 1. The number of piperidine rings is 1. The molecule has 0 amide bonds. The number of likely N-dealkylation sites (tertiary alicyclic amines) is 1. The Bertz CT molecular complexity index is 361. The van der Waals surface area contributed by atoms with E-state index >= 15 is 0 Å². The van der Waals surface area contributed by atoms with Crippen LogP contribution in [0.1, 0.15) is 43.8 Å². The quantitative estimate of drug-likeness (QED) is 0.899. The van der Waals surface area contributed by atoms with E-state index in [4.69, 9.17) is 5.73 Å². The Labute approximate surface area is 108 Å². The van der Waals surface area contributed by atoms with Gasteiger partial charge in [-0.05, 0) is 18.9 Å².